The Morgan fingerprint density at radius 3 is 2.76 bits per heavy atom. The van der Waals surface area contributed by atoms with E-state index in [0.29, 0.717) is 29.7 Å². The second-order valence-electron chi connectivity index (χ2n) is 6.26. The quantitative estimate of drug-likeness (QED) is 0.700. The summed E-state index contributed by atoms with van der Waals surface area (Å²) in [5, 5.41) is 7.89. The highest BCUT2D eigenvalue weighted by Gasteiger charge is 2.40. The molecule has 0 saturated carbocycles. The number of aryl methyl sites for hydroxylation is 2. The molecular weight excluding hydrogens is 358 g/mol. The number of hydrogen-bond acceptors (Lipinski definition) is 6. The standard InChI is InChI=1S/C17H17N3O3S2/c1-11-3-4-12(2)15(7-11)25(21,22)20-8-14(9-20)17-18-16(19-23-17)13-5-6-24-10-13/h3-7,10,14H,8-9H2,1-2H3. The molecule has 25 heavy (non-hydrogen) atoms. The molecule has 1 aliphatic heterocycles. The van der Waals surface area contributed by atoms with Crippen LogP contribution in [0.15, 0.2) is 44.4 Å². The molecule has 130 valence electrons. The largest absolute Gasteiger partial charge is 0.339 e. The molecule has 0 atom stereocenters. The zero-order valence-electron chi connectivity index (χ0n) is 13.8. The van der Waals surface area contributed by atoms with Crippen molar-refractivity contribution in [2.75, 3.05) is 13.1 Å². The molecular formula is C17H17N3O3S2. The minimum absolute atomic E-state index is 0.0558. The Morgan fingerprint density at radius 2 is 2.04 bits per heavy atom. The predicted octanol–water partition coefficient (Wildman–Crippen LogP) is 3.20. The molecule has 4 rings (SSSR count). The molecule has 6 nitrogen and oxygen atoms in total. The van der Waals surface area contributed by atoms with Gasteiger partial charge in [0.15, 0.2) is 0 Å². The Labute approximate surface area is 150 Å². The lowest BCUT2D eigenvalue weighted by Crippen LogP contribution is -2.48. The zero-order valence-corrected chi connectivity index (χ0v) is 15.5. The van der Waals surface area contributed by atoms with Gasteiger partial charge in [0.1, 0.15) is 0 Å². The lowest BCUT2D eigenvalue weighted by molar-refractivity contribution is 0.216. The van der Waals surface area contributed by atoms with Crippen molar-refractivity contribution in [3.05, 3.63) is 52.0 Å². The van der Waals surface area contributed by atoms with Gasteiger partial charge in [-0.2, -0.15) is 20.6 Å². The molecule has 8 heteroatoms. The third-order valence-corrected chi connectivity index (χ3v) is 7.04. The zero-order chi connectivity index (χ0) is 17.6. The van der Waals surface area contributed by atoms with Crippen LogP contribution in [-0.4, -0.2) is 36.0 Å². The van der Waals surface area contributed by atoms with Crippen molar-refractivity contribution in [1.29, 1.82) is 0 Å². The Balaban J connectivity index is 1.51. The maximum Gasteiger partial charge on any atom is 0.243 e. The number of benzene rings is 1. The topological polar surface area (TPSA) is 76.3 Å². The van der Waals surface area contributed by atoms with Crippen LogP contribution in [0.2, 0.25) is 0 Å². The van der Waals surface area contributed by atoms with Gasteiger partial charge in [-0.1, -0.05) is 17.3 Å². The van der Waals surface area contributed by atoms with Crippen LogP contribution in [-0.2, 0) is 10.0 Å². The van der Waals surface area contributed by atoms with Crippen LogP contribution in [0.5, 0.6) is 0 Å². The average Bonchev–Trinajstić information content (AvgIpc) is 3.18. The first-order valence-electron chi connectivity index (χ1n) is 7.89. The lowest BCUT2D eigenvalue weighted by atomic mass is 10.0. The lowest BCUT2D eigenvalue weighted by Gasteiger charge is -2.36. The summed E-state index contributed by atoms with van der Waals surface area (Å²) in [6.45, 7) is 4.43. The van der Waals surface area contributed by atoms with Crippen LogP contribution in [0.1, 0.15) is 22.9 Å². The van der Waals surface area contributed by atoms with E-state index in [2.05, 4.69) is 10.1 Å². The van der Waals surface area contributed by atoms with Gasteiger partial charge in [-0.25, -0.2) is 8.42 Å². The second kappa shape index (κ2) is 6.05. The molecule has 0 N–H and O–H groups in total. The summed E-state index contributed by atoms with van der Waals surface area (Å²) < 4.78 is 32.4. The van der Waals surface area contributed by atoms with Crippen LogP contribution in [0.3, 0.4) is 0 Å². The monoisotopic (exact) mass is 375 g/mol. The molecule has 0 radical (unpaired) electrons. The predicted molar refractivity (Wildman–Crippen MR) is 95.0 cm³/mol. The Morgan fingerprint density at radius 1 is 1.24 bits per heavy atom. The summed E-state index contributed by atoms with van der Waals surface area (Å²) in [5.74, 6) is 0.987. The molecule has 0 amide bonds. The van der Waals surface area contributed by atoms with E-state index in [0.717, 1.165) is 16.7 Å². The molecule has 1 aliphatic rings. The maximum absolute atomic E-state index is 12.8. The molecule has 3 aromatic rings. The van der Waals surface area contributed by atoms with E-state index in [-0.39, 0.29) is 5.92 Å². The highest BCUT2D eigenvalue weighted by molar-refractivity contribution is 7.89. The van der Waals surface area contributed by atoms with Crippen LogP contribution in [0.4, 0.5) is 0 Å². The van der Waals surface area contributed by atoms with Gasteiger partial charge in [-0.3, -0.25) is 0 Å². The molecule has 1 aromatic carbocycles. The molecule has 0 unspecified atom stereocenters. The van der Waals surface area contributed by atoms with Gasteiger partial charge in [0.2, 0.25) is 21.7 Å². The van der Waals surface area contributed by atoms with Gasteiger partial charge in [0.05, 0.1) is 10.8 Å². The van der Waals surface area contributed by atoms with Gasteiger partial charge in [-0.15, -0.1) is 0 Å². The summed E-state index contributed by atoms with van der Waals surface area (Å²) >= 11 is 1.57. The fraction of sp³-hybridized carbons (Fsp3) is 0.294. The van der Waals surface area contributed by atoms with Crippen molar-refractivity contribution < 1.29 is 12.9 Å². The van der Waals surface area contributed by atoms with E-state index in [9.17, 15) is 8.42 Å². The van der Waals surface area contributed by atoms with Crippen molar-refractivity contribution in [3.8, 4) is 11.4 Å². The number of thiophene rings is 1. The third-order valence-electron chi connectivity index (χ3n) is 4.38. The van der Waals surface area contributed by atoms with Crippen molar-refractivity contribution in [1.82, 2.24) is 14.4 Å². The summed E-state index contributed by atoms with van der Waals surface area (Å²) in [6.07, 6.45) is 0. The average molecular weight is 375 g/mol. The summed E-state index contributed by atoms with van der Waals surface area (Å²) in [6, 6.07) is 7.40. The number of aromatic nitrogens is 2. The number of rotatable bonds is 4. The van der Waals surface area contributed by atoms with E-state index in [1.54, 1.807) is 17.4 Å². The first kappa shape index (κ1) is 16.4. The van der Waals surface area contributed by atoms with E-state index < -0.39 is 10.0 Å². The molecule has 2 aromatic heterocycles. The molecule has 0 bridgehead atoms. The van der Waals surface area contributed by atoms with Gasteiger partial charge in [0, 0.05) is 24.0 Å². The fourth-order valence-electron chi connectivity index (χ4n) is 2.82. The van der Waals surface area contributed by atoms with Crippen LogP contribution >= 0.6 is 11.3 Å². The van der Waals surface area contributed by atoms with Gasteiger partial charge >= 0.3 is 0 Å². The van der Waals surface area contributed by atoms with E-state index in [1.165, 1.54) is 4.31 Å². The SMILES string of the molecule is Cc1ccc(C)c(S(=O)(=O)N2CC(c3nc(-c4ccsc4)no3)C2)c1. The minimum atomic E-state index is -3.49. The van der Waals surface area contributed by atoms with Crippen LogP contribution < -0.4 is 0 Å². The summed E-state index contributed by atoms with van der Waals surface area (Å²) in [7, 11) is -3.49. The van der Waals surface area contributed by atoms with Crippen LogP contribution in [0.25, 0.3) is 11.4 Å². The first-order chi connectivity index (χ1) is 11.9. The Bertz CT molecular complexity index is 1000. The van der Waals surface area contributed by atoms with E-state index >= 15 is 0 Å². The van der Waals surface area contributed by atoms with Crippen molar-refractivity contribution in [3.63, 3.8) is 0 Å². The Kier molecular flexibility index (Phi) is 3.98. The highest BCUT2D eigenvalue weighted by Crippen LogP contribution is 2.33. The van der Waals surface area contributed by atoms with Gasteiger partial charge < -0.3 is 4.52 Å². The number of nitrogens with zero attached hydrogens (tertiary/aromatic N) is 3. The molecule has 3 heterocycles. The fourth-order valence-corrected chi connectivity index (χ4v) is 5.30. The van der Waals surface area contributed by atoms with Crippen molar-refractivity contribution in [2.24, 2.45) is 0 Å². The normalized spacial score (nSPS) is 16.1. The van der Waals surface area contributed by atoms with E-state index in [4.69, 9.17) is 4.52 Å². The van der Waals surface area contributed by atoms with Crippen molar-refractivity contribution >= 4 is 21.4 Å². The molecule has 1 saturated heterocycles. The number of sulfonamides is 1. The van der Waals surface area contributed by atoms with Gasteiger partial charge in [-0.05, 0) is 42.5 Å². The third kappa shape index (κ3) is 2.90. The summed E-state index contributed by atoms with van der Waals surface area (Å²) in [5.41, 5.74) is 2.60. The highest BCUT2D eigenvalue weighted by atomic mass is 32.2. The molecule has 0 spiro atoms. The second-order valence-corrected chi connectivity index (χ2v) is 8.94. The maximum atomic E-state index is 12.8. The summed E-state index contributed by atoms with van der Waals surface area (Å²) in [4.78, 5) is 4.77. The van der Waals surface area contributed by atoms with Crippen molar-refractivity contribution in [2.45, 2.75) is 24.7 Å². The molecule has 1 fully saturated rings. The minimum Gasteiger partial charge on any atom is -0.339 e. The first-order valence-corrected chi connectivity index (χ1v) is 10.3. The van der Waals surface area contributed by atoms with Gasteiger partial charge in [0.25, 0.3) is 0 Å². The Hall–Kier alpha value is -2.03. The van der Waals surface area contributed by atoms with Crippen LogP contribution in [0, 0.1) is 13.8 Å². The molecule has 0 aliphatic carbocycles. The van der Waals surface area contributed by atoms with E-state index in [1.807, 2.05) is 42.8 Å². The number of hydrogen-bond donors (Lipinski definition) is 0. The smallest absolute Gasteiger partial charge is 0.243 e.